The lowest BCUT2D eigenvalue weighted by Crippen LogP contribution is -2.43. The number of aromatic amines is 1. The molecule has 0 amide bonds. The molecular formula is C29H38ClN7O. The number of H-pyrrole nitrogens is 1. The Morgan fingerprint density at radius 1 is 1.24 bits per heavy atom. The Labute approximate surface area is 229 Å². The highest BCUT2D eigenvalue weighted by atomic mass is 35.5. The molecule has 4 heterocycles. The molecule has 4 rings (SSSR count). The van der Waals surface area contributed by atoms with E-state index in [0.29, 0.717) is 22.3 Å². The second-order valence-electron chi connectivity index (χ2n) is 10.1. The van der Waals surface area contributed by atoms with Gasteiger partial charge in [-0.05, 0) is 64.2 Å². The van der Waals surface area contributed by atoms with Crippen LogP contribution >= 0.6 is 11.6 Å². The summed E-state index contributed by atoms with van der Waals surface area (Å²) in [6.07, 6.45) is 12.9. The van der Waals surface area contributed by atoms with Gasteiger partial charge in [0, 0.05) is 36.6 Å². The predicted molar refractivity (Wildman–Crippen MR) is 157 cm³/mol. The Bertz CT molecular complexity index is 1540. The van der Waals surface area contributed by atoms with Gasteiger partial charge in [-0.3, -0.25) is 9.36 Å². The number of likely N-dealkylation sites (N-methyl/N-ethyl adjacent to an activating group) is 1. The van der Waals surface area contributed by atoms with Gasteiger partial charge in [0.2, 0.25) is 0 Å². The van der Waals surface area contributed by atoms with E-state index in [2.05, 4.69) is 49.5 Å². The van der Waals surface area contributed by atoms with Crippen LogP contribution in [0.25, 0.3) is 22.2 Å². The molecule has 0 aliphatic rings. The maximum Gasteiger partial charge on any atom is 0.284 e. The monoisotopic (exact) mass is 535 g/mol. The van der Waals surface area contributed by atoms with Gasteiger partial charge < -0.3 is 9.88 Å². The lowest BCUT2D eigenvalue weighted by Gasteiger charge is -2.38. The van der Waals surface area contributed by atoms with Crippen molar-refractivity contribution < 1.29 is 0 Å². The van der Waals surface area contributed by atoms with E-state index >= 15 is 0 Å². The summed E-state index contributed by atoms with van der Waals surface area (Å²) in [4.78, 5) is 28.9. The maximum absolute atomic E-state index is 14.0. The van der Waals surface area contributed by atoms with Gasteiger partial charge in [0.25, 0.3) is 5.56 Å². The summed E-state index contributed by atoms with van der Waals surface area (Å²) < 4.78 is 3.37. The van der Waals surface area contributed by atoms with Crippen LogP contribution in [-0.2, 0) is 0 Å². The van der Waals surface area contributed by atoms with E-state index in [1.165, 1.54) is 0 Å². The molecule has 0 bridgehead atoms. The van der Waals surface area contributed by atoms with Gasteiger partial charge in [-0.2, -0.15) is 5.10 Å². The summed E-state index contributed by atoms with van der Waals surface area (Å²) in [7, 11) is 0. The van der Waals surface area contributed by atoms with Gasteiger partial charge in [-0.15, -0.1) is 0 Å². The van der Waals surface area contributed by atoms with Crippen LogP contribution in [0, 0.1) is 12.8 Å². The molecule has 4 aromatic heterocycles. The van der Waals surface area contributed by atoms with Crippen molar-refractivity contribution in [2.24, 2.45) is 5.92 Å². The highest BCUT2D eigenvalue weighted by Crippen LogP contribution is 2.36. The van der Waals surface area contributed by atoms with Crippen molar-refractivity contribution in [2.45, 2.75) is 73.3 Å². The molecule has 0 aliphatic heterocycles. The highest BCUT2D eigenvalue weighted by molar-refractivity contribution is 6.33. The first-order valence-electron chi connectivity index (χ1n) is 13.4. The molecule has 4 aromatic rings. The van der Waals surface area contributed by atoms with Crippen molar-refractivity contribution in [1.82, 2.24) is 29.1 Å². The van der Waals surface area contributed by atoms with Crippen LogP contribution < -0.4 is 10.5 Å². The number of rotatable bonds is 10. The Hall–Kier alpha value is -3.39. The topological polar surface area (TPSA) is 84.1 Å². The normalized spacial score (nSPS) is 14.3. The van der Waals surface area contributed by atoms with Crippen molar-refractivity contribution in [2.75, 3.05) is 11.4 Å². The smallest absolute Gasteiger partial charge is 0.284 e. The molecule has 0 aromatic carbocycles. The molecule has 202 valence electrons. The third-order valence-electron chi connectivity index (χ3n) is 7.16. The van der Waals surface area contributed by atoms with Crippen LogP contribution in [0.1, 0.15) is 71.7 Å². The molecule has 0 saturated heterocycles. The van der Waals surface area contributed by atoms with E-state index in [-0.39, 0.29) is 17.5 Å². The summed E-state index contributed by atoms with van der Waals surface area (Å²) >= 11 is 6.45. The first-order chi connectivity index (χ1) is 18.3. The number of allylic oxidation sites excluding steroid dienone is 4. The SMILES string of the molecule is CC=CC(=CC)n1c(C(CC)C(CC(C)C)N(CC)c2ncnc3[nH]cc(C)c23)nn2ccc(Cl)c2c1=O. The van der Waals surface area contributed by atoms with Crippen molar-refractivity contribution >= 4 is 39.7 Å². The molecule has 0 saturated carbocycles. The Morgan fingerprint density at radius 3 is 2.63 bits per heavy atom. The second-order valence-corrected chi connectivity index (χ2v) is 10.5. The van der Waals surface area contributed by atoms with Crippen LogP contribution in [0.5, 0.6) is 0 Å². The van der Waals surface area contributed by atoms with E-state index in [1.54, 1.807) is 27.7 Å². The fraction of sp³-hybridized carbons (Fsp3) is 0.448. The van der Waals surface area contributed by atoms with Gasteiger partial charge in [0.15, 0.2) is 0 Å². The van der Waals surface area contributed by atoms with Gasteiger partial charge >= 0.3 is 0 Å². The molecule has 0 aliphatic carbocycles. The van der Waals surface area contributed by atoms with Crippen molar-refractivity contribution in [3.05, 3.63) is 69.8 Å². The molecule has 0 radical (unpaired) electrons. The van der Waals surface area contributed by atoms with Gasteiger partial charge in [-0.25, -0.2) is 14.5 Å². The van der Waals surface area contributed by atoms with Crippen LogP contribution in [0.2, 0.25) is 5.02 Å². The van der Waals surface area contributed by atoms with E-state index < -0.39 is 0 Å². The maximum atomic E-state index is 14.0. The Morgan fingerprint density at radius 2 is 2.00 bits per heavy atom. The number of fused-ring (bicyclic) bond motifs is 2. The minimum atomic E-state index is -0.174. The molecule has 9 heteroatoms. The van der Waals surface area contributed by atoms with Crippen LogP contribution in [0.15, 0.2) is 47.8 Å². The number of halogens is 1. The zero-order valence-electron chi connectivity index (χ0n) is 23.4. The molecular weight excluding hydrogens is 498 g/mol. The minimum Gasteiger partial charge on any atom is -0.352 e. The highest BCUT2D eigenvalue weighted by Gasteiger charge is 2.34. The molecule has 38 heavy (non-hydrogen) atoms. The third kappa shape index (κ3) is 4.89. The van der Waals surface area contributed by atoms with Crippen molar-refractivity contribution in [3.8, 4) is 0 Å². The first kappa shape index (κ1) is 27.6. The number of aromatic nitrogens is 6. The first-order valence-corrected chi connectivity index (χ1v) is 13.8. The van der Waals surface area contributed by atoms with E-state index in [0.717, 1.165) is 47.5 Å². The zero-order valence-corrected chi connectivity index (χ0v) is 24.1. The standard InChI is InChI=1S/C29H38ClN7O/c1-8-12-20(9-2)37-27(34-36-14-13-22(30)25(36)29(37)38)21(10-3)23(15-18(5)6)35(11-4)28-24-19(7)16-31-26(24)32-17-33-28/h8-9,12-14,16-18,21,23H,10-11,15H2,1-7H3,(H,31,32,33). The lowest BCUT2D eigenvalue weighted by atomic mass is 9.87. The molecule has 0 spiro atoms. The summed E-state index contributed by atoms with van der Waals surface area (Å²) in [5.74, 6) is 1.96. The van der Waals surface area contributed by atoms with Crippen LogP contribution in [-0.4, -0.2) is 41.7 Å². The van der Waals surface area contributed by atoms with Gasteiger partial charge in [0.1, 0.15) is 29.1 Å². The zero-order chi connectivity index (χ0) is 27.6. The van der Waals surface area contributed by atoms with Gasteiger partial charge in [0.05, 0.1) is 10.4 Å². The number of nitrogens with zero attached hydrogens (tertiary/aromatic N) is 6. The largest absolute Gasteiger partial charge is 0.352 e. The third-order valence-corrected chi connectivity index (χ3v) is 7.47. The van der Waals surface area contributed by atoms with Crippen LogP contribution in [0.3, 0.4) is 0 Å². The summed E-state index contributed by atoms with van der Waals surface area (Å²) in [5, 5.41) is 6.46. The minimum absolute atomic E-state index is 0.0303. The van der Waals surface area contributed by atoms with Crippen molar-refractivity contribution in [1.29, 1.82) is 0 Å². The van der Waals surface area contributed by atoms with Crippen molar-refractivity contribution in [3.63, 3.8) is 0 Å². The average molecular weight is 536 g/mol. The summed E-state index contributed by atoms with van der Waals surface area (Å²) in [5.41, 5.74) is 2.91. The lowest BCUT2D eigenvalue weighted by molar-refractivity contribution is 0.382. The predicted octanol–water partition coefficient (Wildman–Crippen LogP) is 6.60. The molecule has 2 atom stereocenters. The fourth-order valence-electron chi connectivity index (χ4n) is 5.48. The summed E-state index contributed by atoms with van der Waals surface area (Å²) in [6, 6.07) is 1.75. The van der Waals surface area contributed by atoms with E-state index in [9.17, 15) is 4.79 Å². The number of hydrogen-bond acceptors (Lipinski definition) is 5. The molecule has 0 fully saturated rings. The number of nitrogens with one attached hydrogen (secondary N) is 1. The fourth-order valence-corrected chi connectivity index (χ4v) is 5.71. The second kappa shape index (κ2) is 11.6. The molecule has 2 unspecified atom stereocenters. The quantitative estimate of drug-likeness (QED) is 0.231. The van der Waals surface area contributed by atoms with E-state index in [4.69, 9.17) is 21.7 Å². The number of aryl methyl sites for hydroxylation is 1. The number of hydrogen-bond donors (Lipinski definition) is 1. The van der Waals surface area contributed by atoms with Gasteiger partial charge in [-0.1, -0.05) is 44.5 Å². The average Bonchev–Trinajstić information content (AvgIpc) is 3.46. The van der Waals surface area contributed by atoms with Crippen LogP contribution in [0.4, 0.5) is 5.82 Å². The number of anilines is 1. The Balaban J connectivity index is 2.00. The molecule has 8 nitrogen and oxygen atoms in total. The molecule has 1 N–H and O–H groups in total. The van der Waals surface area contributed by atoms with E-state index in [1.807, 2.05) is 38.3 Å². The Kier molecular flexibility index (Phi) is 8.41. The summed E-state index contributed by atoms with van der Waals surface area (Å²) in [6.45, 7) is 15.5.